The number of ether oxygens (including phenoxy) is 1. The molecule has 0 bridgehead atoms. The largest absolute Gasteiger partial charge is 0.444 e. The van der Waals surface area contributed by atoms with Crippen LogP contribution in [0.25, 0.3) is 0 Å². The number of carbonyl (C=O) groups is 1. The Labute approximate surface area is 110 Å². The molecule has 6 heteroatoms. The Kier molecular flexibility index (Phi) is 4.60. The van der Waals surface area contributed by atoms with E-state index in [0.29, 0.717) is 11.6 Å². The molecule has 0 aliphatic rings. The molecule has 94 valence electrons. The zero-order valence-electron chi connectivity index (χ0n) is 9.88. The van der Waals surface area contributed by atoms with Crippen molar-refractivity contribution in [3.63, 3.8) is 0 Å². The van der Waals surface area contributed by atoms with Crippen LogP contribution in [0.4, 0.5) is 10.5 Å². The van der Waals surface area contributed by atoms with E-state index in [1.54, 1.807) is 33.0 Å². The summed E-state index contributed by atoms with van der Waals surface area (Å²) in [5.41, 5.74) is 0.592. The van der Waals surface area contributed by atoms with Crippen molar-refractivity contribution in [3.8, 4) is 0 Å². The van der Waals surface area contributed by atoms with Crippen LogP contribution in [0.1, 0.15) is 26.3 Å². The highest BCUT2D eigenvalue weighted by Gasteiger charge is 2.17. The van der Waals surface area contributed by atoms with Crippen molar-refractivity contribution in [1.82, 2.24) is 4.98 Å². The van der Waals surface area contributed by atoms with Crippen LogP contribution in [0.2, 0.25) is 5.15 Å². The third-order valence-electron chi connectivity index (χ3n) is 1.69. The number of pyridine rings is 1. The van der Waals surface area contributed by atoms with Gasteiger partial charge in [0.2, 0.25) is 0 Å². The molecule has 0 aliphatic heterocycles. The molecule has 1 aromatic heterocycles. The molecule has 1 aromatic rings. The minimum Gasteiger partial charge on any atom is -0.444 e. The van der Waals surface area contributed by atoms with Gasteiger partial charge in [-0.2, -0.15) is 0 Å². The molecule has 0 spiro atoms. The average Bonchev–Trinajstić information content (AvgIpc) is 2.18. The Morgan fingerprint density at radius 1 is 1.53 bits per heavy atom. The van der Waals surface area contributed by atoms with Gasteiger partial charge in [-0.1, -0.05) is 11.6 Å². The van der Waals surface area contributed by atoms with Crippen LogP contribution in [0.3, 0.4) is 0 Å². The van der Waals surface area contributed by atoms with Crippen LogP contribution in [0, 0.1) is 0 Å². The van der Waals surface area contributed by atoms with Crippen LogP contribution >= 0.6 is 23.2 Å². The number of carbonyl (C=O) groups excluding carboxylic acids is 1. The van der Waals surface area contributed by atoms with E-state index in [0.717, 1.165) is 5.56 Å². The van der Waals surface area contributed by atoms with Gasteiger partial charge in [-0.3, -0.25) is 5.32 Å². The van der Waals surface area contributed by atoms with Crippen LogP contribution < -0.4 is 5.32 Å². The van der Waals surface area contributed by atoms with Gasteiger partial charge < -0.3 is 4.74 Å². The molecule has 17 heavy (non-hydrogen) atoms. The molecule has 0 aliphatic carbocycles. The SMILES string of the molecule is CC(C)(C)OC(=O)Nc1cc(CCl)cnc1Cl. The van der Waals surface area contributed by atoms with Gasteiger partial charge >= 0.3 is 6.09 Å². The minimum absolute atomic E-state index is 0.199. The summed E-state index contributed by atoms with van der Waals surface area (Å²) in [5.74, 6) is 0.299. The topological polar surface area (TPSA) is 51.2 Å². The summed E-state index contributed by atoms with van der Waals surface area (Å²) in [7, 11) is 0. The third kappa shape index (κ3) is 4.79. The van der Waals surface area contributed by atoms with Crippen LogP contribution in [-0.2, 0) is 10.6 Å². The predicted molar refractivity (Wildman–Crippen MR) is 68.7 cm³/mol. The molecule has 4 nitrogen and oxygen atoms in total. The molecule has 1 amide bonds. The Balaban J connectivity index is 2.77. The maximum Gasteiger partial charge on any atom is 0.412 e. The summed E-state index contributed by atoms with van der Waals surface area (Å²) in [6.45, 7) is 5.34. The highest BCUT2D eigenvalue weighted by molar-refractivity contribution is 6.32. The van der Waals surface area contributed by atoms with Gasteiger partial charge in [0.15, 0.2) is 5.15 Å². The summed E-state index contributed by atoms with van der Waals surface area (Å²) in [4.78, 5) is 15.4. The number of nitrogens with one attached hydrogen (secondary N) is 1. The van der Waals surface area contributed by atoms with E-state index in [-0.39, 0.29) is 5.15 Å². The van der Waals surface area contributed by atoms with E-state index in [1.807, 2.05) is 0 Å². The maximum absolute atomic E-state index is 11.5. The fraction of sp³-hybridized carbons (Fsp3) is 0.455. The number of hydrogen-bond donors (Lipinski definition) is 1. The summed E-state index contributed by atoms with van der Waals surface area (Å²) in [6.07, 6.45) is 0.975. The number of alkyl halides is 1. The van der Waals surface area contributed by atoms with Gasteiger partial charge in [-0.05, 0) is 32.4 Å². The molecule has 0 saturated heterocycles. The van der Waals surface area contributed by atoms with Crippen molar-refractivity contribution in [2.45, 2.75) is 32.3 Å². The van der Waals surface area contributed by atoms with Crippen molar-refractivity contribution in [3.05, 3.63) is 23.0 Å². The minimum atomic E-state index is -0.576. The fourth-order valence-corrected chi connectivity index (χ4v) is 1.36. The van der Waals surface area contributed by atoms with Crippen LogP contribution in [0.15, 0.2) is 12.3 Å². The van der Waals surface area contributed by atoms with Gasteiger partial charge in [-0.25, -0.2) is 9.78 Å². The van der Waals surface area contributed by atoms with Crippen molar-refractivity contribution < 1.29 is 9.53 Å². The quantitative estimate of drug-likeness (QED) is 0.660. The number of rotatable bonds is 2. The van der Waals surface area contributed by atoms with Crippen molar-refractivity contribution in [1.29, 1.82) is 0 Å². The lowest BCUT2D eigenvalue weighted by atomic mass is 10.2. The number of halogens is 2. The summed E-state index contributed by atoms with van der Waals surface area (Å²) in [6, 6.07) is 1.66. The number of hydrogen-bond acceptors (Lipinski definition) is 3. The van der Waals surface area contributed by atoms with E-state index < -0.39 is 11.7 Å². The number of aromatic nitrogens is 1. The Morgan fingerprint density at radius 2 is 2.18 bits per heavy atom. The van der Waals surface area contributed by atoms with E-state index >= 15 is 0 Å². The lowest BCUT2D eigenvalue weighted by Crippen LogP contribution is -2.27. The van der Waals surface area contributed by atoms with E-state index in [1.165, 1.54) is 0 Å². The standard InChI is InChI=1S/C11H14Cl2N2O2/c1-11(2,3)17-10(16)15-8-4-7(5-12)6-14-9(8)13/h4,6H,5H2,1-3H3,(H,15,16). The van der Waals surface area contributed by atoms with E-state index in [2.05, 4.69) is 10.3 Å². The van der Waals surface area contributed by atoms with Crippen molar-refractivity contribution >= 4 is 35.0 Å². The van der Waals surface area contributed by atoms with Gasteiger partial charge in [0.25, 0.3) is 0 Å². The molecule has 0 aromatic carbocycles. The highest BCUT2D eigenvalue weighted by Crippen LogP contribution is 2.21. The zero-order chi connectivity index (χ0) is 13.1. The molecule has 0 saturated carbocycles. The first-order valence-corrected chi connectivity index (χ1v) is 5.93. The number of nitrogens with zero attached hydrogens (tertiary/aromatic N) is 1. The third-order valence-corrected chi connectivity index (χ3v) is 2.30. The summed E-state index contributed by atoms with van der Waals surface area (Å²) >= 11 is 11.5. The lowest BCUT2D eigenvalue weighted by molar-refractivity contribution is 0.0636. The second-order valence-corrected chi connectivity index (χ2v) is 5.07. The Morgan fingerprint density at radius 3 is 2.71 bits per heavy atom. The first kappa shape index (κ1) is 14.1. The highest BCUT2D eigenvalue weighted by atomic mass is 35.5. The van der Waals surface area contributed by atoms with Crippen molar-refractivity contribution in [2.75, 3.05) is 5.32 Å². The smallest absolute Gasteiger partial charge is 0.412 e. The van der Waals surface area contributed by atoms with Gasteiger partial charge in [0, 0.05) is 12.1 Å². The Hall–Kier alpha value is -1.00. The van der Waals surface area contributed by atoms with E-state index in [9.17, 15) is 4.79 Å². The van der Waals surface area contributed by atoms with Gasteiger partial charge in [0.05, 0.1) is 5.69 Å². The molecule has 1 rings (SSSR count). The molecule has 0 atom stereocenters. The zero-order valence-corrected chi connectivity index (χ0v) is 11.4. The molecule has 1 N–H and O–H groups in total. The van der Waals surface area contributed by atoms with Crippen LogP contribution in [0.5, 0.6) is 0 Å². The Bertz CT molecular complexity index is 416. The lowest BCUT2D eigenvalue weighted by Gasteiger charge is -2.19. The van der Waals surface area contributed by atoms with E-state index in [4.69, 9.17) is 27.9 Å². The van der Waals surface area contributed by atoms with Gasteiger partial charge in [-0.15, -0.1) is 11.6 Å². The molecule has 0 fully saturated rings. The first-order valence-electron chi connectivity index (χ1n) is 5.02. The second kappa shape index (κ2) is 5.56. The normalized spacial score (nSPS) is 11.1. The average molecular weight is 277 g/mol. The second-order valence-electron chi connectivity index (χ2n) is 4.44. The predicted octanol–water partition coefficient (Wildman–Crippen LogP) is 3.82. The van der Waals surface area contributed by atoms with Crippen molar-refractivity contribution in [2.24, 2.45) is 0 Å². The molecule has 0 unspecified atom stereocenters. The number of amides is 1. The summed E-state index contributed by atoms with van der Waals surface area (Å²) in [5, 5.41) is 2.73. The number of anilines is 1. The van der Waals surface area contributed by atoms with Gasteiger partial charge in [0.1, 0.15) is 5.60 Å². The molecular weight excluding hydrogens is 263 g/mol. The molecule has 0 radical (unpaired) electrons. The maximum atomic E-state index is 11.5. The first-order chi connectivity index (χ1) is 7.81. The molecular formula is C11H14Cl2N2O2. The summed E-state index contributed by atoms with van der Waals surface area (Å²) < 4.78 is 5.10. The van der Waals surface area contributed by atoms with Crippen LogP contribution in [-0.4, -0.2) is 16.7 Å². The molecule has 1 heterocycles. The fourth-order valence-electron chi connectivity index (χ4n) is 1.07. The monoisotopic (exact) mass is 276 g/mol.